The molecule has 0 aliphatic carbocycles. The zero-order valence-corrected chi connectivity index (χ0v) is 11.3. The molecule has 90 valence electrons. The number of hydrogen-bond acceptors (Lipinski definition) is 1. The monoisotopic (exact) mass is 219 g/mol. The topological polar surface area (TPSA) is 12.0 Å². The highest BCUT2D eigenvalue weighted by molar-refractivity contribution is 5.27. The van der Waals surface area contributed by atoms with Gasteiger partial charge in [-0.05, 0) is 32.9 Å². The molecule has 0 aliphatic heterocycles. The van der Waals surface area contributed by atoms with Gasteiger partial charge in [-0.15, -0.1) is 0 Å². The van der Waals surface area contributed by atoms with Crippen molar-refractivity contribution in [1.29, 1.82) is 0 Å². The Hall–Kier alpha value is -1.50. The highest BCUT2D eigenvalue weighted by Gasteiger charge is 1.91. The SMILES string of the molecule is C=C/C=C\C(=C)N/C(C=C(C)C)=C/C.CC. The minimum absolute atomic E-state index is 0.857. The molecule has 1 N–H and O–H groups in total. The Labute approximate surface area is 101 Å². The van der Waals surface area contributed by atoms with Gasteiger partial charge >= 0.3 is 0 Å². The van der Waals surface area contributed by atoms with Crippen LogP contribution in [0, 0.1) is 0 Å². The molecule has 0 spiro atoms. The second kappa shape index (κ2) is 11.6. The average molecular weight is 219 g/mol. The fraction of sp³-hybridized carbons (Fsp3) is 0.333. The molecule has 0 heterocycles. The lowest BCUT2D eigenvalue weighted by Crippen LogP contribution is -2.08. The van der Waals surface area contributed by atoms with E-state index in [1.54, 1.807) is 6.08 Å². The largest absolute Gasteiger partial charge is 0.356 e. The highest BCUT2D eigenvalue weighted by Crippen LogP contribution is 2.01. The van der Waals surface area contributed by atoms with Gasteiger partial charge in [0.05, 0.1) is 0 Å². The summed E-state index contributed by atoms with van der Waals surface area (Å²) in [4.78, 5) is 0. The van der Waals surface area contributed by atoms with E-state index in [4.69, 9.17) is 0 Å². The van der Waals surface area contributed by atoms with Crippen LogP contribution >= 0.6 is 0 Å². The lowest BCUT2D eigenvalue weighted by Gasteiger charge is -2.06. The Morgan fingerprint density at radius 1 is 1.19 bits per heavy atom. The van der Waals surface area contributed by atoms with Crippen LogP contribution in [0.4, 0.5) is 0 Å². The van der Waals surface area contributed by atoms with E-state index in [9.17, 15) is 0 Å². The highest BCUT2D eigenvalue weighted by atomic mass is 14.9. The third-order valence-corrected chi connectivity index (χ3v) is 1.49. The first-order valence-corrected chi connectivity index (χ1v) is 5.66. The molecule has 0 amide bonds. The first-order valence-electron chi connectivity index (χ1n) is 5.66. The maximum absolute atomic E-state index is 3.87. The van der Waals surface area contributed by atoms with Crippen molar-refractivity contribution in [3.63, 3.8) is 0 Å². The van der Waals surface area contributed by atoms with Crippen LogP contribution in [-0.2, 0) is 0 Å². The van der Waals surface area contributed by atoms with E-state index < -0.39 is 0 Å². The van der Waals surface area contributed by atoms with Crippen molar-refractivity contribution in [3.8, 4) is 0 Å². The van der Waals surface area contributed by atoms with Crippen molar-refractivity contribution < 1.29 is 0 Å². The zero-order valence-electron chi connectivity index (χ0n) is 11.3. The second-order valence-corrected chi connectivity index (χ2v) is 3.21. The first-order chi connectivity index (χ1) is 7.60. The zero-order chi connectivity index (χ0) is 13.0. The maximum atomic E-state index is 3.87. The van der Waals surface area contributed by atoms with Gasteiger partial charge in [0.1, 0.15) is 0 Å². The first kappa shape index (κ1) is 16.9. The Kier molecular flexibility index (Phi) is 12.2. The van der Waals surface area contributed by atoms with Crippen LogP contribution in [0.5, 0.6) is 0 Å². The molecular formula is C15H25N. The summed E-state index contributed by atoms with van der Waals surface area (Å²) >= 11 is 0. The summed E-state index contributed by atoms with van der Waals surface area (Å²) in [6.07, 6.45) is 9.55. The van der Waals surface area contributed by atoms with Gasteiger partial charge in [0.2, 0.25) is 0 Å². The van der Waals surface area contributed by atoms with E-state index in [0.717, 1.165) is 11.4 Å². The fourth-order valence-corrected chi connectivity index (χ4v) is 0.914. The van der Waals surface area contributed by atoms with E-state index in [1.807, 2.05) is 39.0 Å². The third-order valence-electron chi connectivity index (χ3n) is 1.49. The van der Waals surface area contributed by atoms with Crippen molar-refractivity contribution in [2.75, 3.05) is 0 Å². The molecule has 0 saturated heterocycles. The van der Waals surface area contributed by atoms with Gasteiger partial charge in [0.15, 0.2) is 0 Å². The molecule has 0 aromatic carbocycles. The predicted molar refractivity (Wildman–Crippen MR) is 76.1 cm³/mol. The van der Waals surface area contributed by atoms with E-state index >= 15 is 0 Å². The number of nitrogens with one attached hydrogen (secondary N) is 1. The molecule has 0 aromatic rings. The number of hydrogen-bond donors (Lipinski definition) is 1. The van der Waals surface area contributed by atoms with Gasteiger partial charge in [-0.2, -0.15) is 0 Å². The molecule has 0 atom stereocenters. The molecule has 1 nitrogen and oxygen atoms in total. The minimum Gasteiger partial charge on any atom is -0.356 e. The summed E-state index contributed by atoms with van der Waals surface area (Å²) in [5.41, 5.74) is 3.17. The summed E-state index contributed by atoms with van der Waals surface area (Å²) < 4.78 is 0. The molecule has 0 bridgehead atoms. The Bertz CT molecular complexity index is 287. The van der Waals surface area contributed by atoms with Gasteiger partial charge in [-0.3, -0.25) is 0 Å². The van der Waals surface area contributed by atoms with E-state index in [-0.39, 0.29) is 0 Å². The normalized spacial score (nSPS) is 10.2. The molecule has 0 aromatic heterocycles. The van der Waals surface area contributed by atoms with Gasteiger partial charge in [0.25, 0.3) is 0 Å². The van der Waals surface area contributed by atoms with Crippen molar-refractivity contribution >= 4 is 0 Å². The lowest BCUT2D eigenvalue weighted by molar-refractivity contribution is 1.04. The third kappa shape index (κ3) is 10.6. The van der Waals surface area contributed by atoms with Gasteiger partial charge in [0, 0.05) is 11.4 Å². The smallest absolute Gasteiger partial charge is 0.0340 e. The van der Waals surface area contributed by atoms with Crippen LogP contribution in [0.15, 0.2) is 60.5 Å². The second-order valence-electron chi connectivity index (χ2n) is 3.21. The number of rotatable bonds is 5. The minimum atomic E-state index is 0.857. The molecule has 16 heavy (non-hydrogen) atoms. The van der Waals surface area contributed by atoms with Gasteiger partial charge < -0.3 is 5.32 Å². The summed E-state index contributed by atoms with van der Waals surface area (Å²) in [5, 5.41) is 3.19. The van der Waals surface area contributed by atoms with Crippen LogP contribution < -0.4 is 5.32 Å². The lowest BCUT2D eigenvalue weighted by atomic mass is 10.2. The maximum Gasteiger partial charge on any atom is 0.0340 e. The summed E-state index contributed by atoms with van der Waals surface area (Å²) in [6.45, 7) is 17.6. The van der Waals surface area contributed by atoms with E-state index in [2.05, 4.69) is 38.4 Å². The van der Waals surface area contributed by atoms with Gasteiger partial charge in [-0.1, -0.05) is 50.8 Å². The molecule has 0 fully saturated rings. The van der Waals surface area contributed by atoms with Crippen molar-refractivity contribution in [2.45, 2.75) is 34.6 Å². The van der Waals surface area contributed by atoms with Crippen LogP contribution in [-0.4, -0.2) is 0 Å². The number of allylic oxidation sites excluding steroid dienone is 6. The van der Waals surface area contributed by atoms with E-state index in [0.29, 0.717) is 0 Å². The molecule has 0 unspecified atom stereocenters. The quantitative estimate of drug-likeness (QED) is 0.659. The molecule has 1 heteroatoms. The molecule has 0 rings (SSSR count). The summed E-state index contributed by atoms with van der Waals surface area (Å²) in [5.74, 6) is 0. The van der Waals surface area contributed by atoms with Crippen LogP contribution in [0.3, 0.4) is 0 Å². The van der Waals surface area contributed by atoms with Gasteiger partial charge in [-0.25, -0.2) is 0 Å². The summed E-state index contributed by atoms with van der Waals surface area (Å²) in [6, 6.07) is 0. The molecule has 0 saturated carbocycles. The van der Waals surface area contributed by atoms with Crippen molar-refractivity contribution in [2.24, 2.45) is 0 Å². The van der Waals surface area contributed by atoms with Crippen LogP contribution in [0.25, 0.3) is 0 Å². The van der Waals surface area contributed by atoms with Crippen molar-refractivity contribution in [1.82, 2.24) is 5.32 Å². The summed E-state index contributed by atoms with van der Waals surface area (Å²) in [7, 11) is 0. The predicted octanol–water partition coefficient (Wildman–Crippen LogP) is 4.73. The standard InChI is InChI=1S/C13H19N.C2H6/c1-6-8-9-12(5)14-13(7-2)10-11(3)4;1-2/h6-10,14H,1,5H2,2-4H3;1-2H3/b9-8-,13-7+;. The van der Waals surface area contributed by atoms with Crippen molar-refractivity contribution in [3.05, 3.63) is 60.5 Å². The Morgan fingerprint density at radius 3 is 2.12 bits per heavy atom. The Balaban J connectivity index is 0. The van der Waals surface area contributed by atoms with Crippen LogP contribution in [0.2, 0.25) is 0 Å². The fourth-order valence-electron chi connectivity index (χ4n) is 0.914. The van der Waals surface area contributed by atoms with Crippen LogP contribution in [0.1, 0.15) is 34.6 Å². The average Bonchev–Trinajstić information content (AvgIpc) is 2.27. The van der Waals surface area contributed by atoms with E-state index in [1.165, 1.54) is 5.57 Å². The Morgan fingerprint density at radius 2 is 1.75 bits per heavy atom. The molecule has 0 aliphatic rings. The molecule has 0 radical (unpaired) electrons. The molecular weight excluding hydrogens is 194 g/mol.